The number of benzene rings is 2. The predicted octanol–water partition coefficient (Wildman–Crippen LogP) is 5.08. The second-order valence-electron chi connectivity index (χ2n) is 4.85. The Kier molecular flexibility index (Phi) is 3.43. The summed E-state index contributed by atoms with van der Waals surface area (Å²) in [5, 5.41) is 1.30. The Bertz CT molecular complexity index is 695. The monoisotopic (exact) mass is 313 g/mol. The van der Waals surface area contributed by atoms with Crippen LogP contribution in [0.3, 0.4) is 0 Å². The van der Waals surface area contributed by atoms with Crippen molar-refractivity contribution in [2.24, 2.45) is 0 Å². The van der Waals surface area contributed by atoms with Gasteiger partial charge in [-0.05, 0) is 47.7 Å². The van der Waals surface area contributed by atoms with Crippen LogP contribution in [0.5, 0.6) is 0 Å². The molecule has 0 saturated carbocycles. The van der Waals surface area contributed by atoms with Gasteiger partial charge in [-0.15, -0.1) is 0 Å². The molecule has 3 aromatic rings. The maximum atomic E-state index is 3.54. The summed E-state index contributed by atoms with van der Waals surface area (Å²) >= 11 is 3.54. The van der Waals surface area contributed by atoms with Crippen molar-refractivity contribution in [1.29, 1.82) is 0 Å². The summed E-state index contributed by atoms with van der Waals surface area (Å²) in [5.41, 5.74) is 5.30. The average Bonchev–Trinajstić information content (AvgIpc) is 2.82. The molecule has 3 rings (SSSR count). The van der Waals surface area contributed by atoms with Crippen molar-refractivity contribution < 1.29 is 0 Å². The van der Waals surface area contributed by atoms with Gasteiger partial charge in [0.2, 0.25) is 0 Å². The minimum atomic E-state index is 0.973. The molecular formula is C17H16BrN. The number of H-pyrrole nitrogens is 1. The number of hydrogen-bond donors (Lipinski definition) is 1. The molecular weight excluding hydrogens is 298 g/mol. The third-order valence-corrected chi connectivity index (χ3v) is 4.05. The molecule has 0 aliphatic carbocycles. The van der Waals surface area contributed by atoms with Crippen molar-refractivity contribution in [3.8, 4) is 0 Å². The van der Waals surface area contributed by atoms with Crippen molar-refractivity contribution in [2.45, 2.75) is 19.8 Å². The third kappa shape index (κ3) is 2.59. The Morgan fingerprint density at radius 1 is 1.00 bits per heavy atom. The van der Waals surface area contributed by atoms with Crippen LogP contribution < -0.4 is 0 Å². The molecule has 0 radical (unpaired) electrons. The highest BCUT2D eigenvalue weighted by molar-refractivity contribution is 9.10. The Labute approximate surface area is 121 Å². The first-order valence-electron chi connectivity index (χ1n) is 6.59. The van der Waals surface area contributed by atoms with E-state index in [0.29, 0.717) is 0 Å². The quantitative estimate of drug-likeness (QED) is 0.693. The fourth-order valence-electron chi connectivity index (χ4n) is 2.41. The molecule has 0 bridgehead atoms. The number of aryl methyl sites for hydroxylation is 1. The molecule has 0 saturated heterocycles. The van der Waals surface area contributed by atoms with Gasteiger partial charge in [-0.25, -0.2) is 0 Å². The minimum Gasteiger partial charge on any atom is -0.361 e. The molecule has 1 nitrogen and oxygen atoms in total. The zero-order chi connectivity index (χ0) is 13.2. The molecule has 0 atom stereocenters. The highest BCUT2D eigenvalue weighted by Crippen LogP contribution is 2.24. The van der Waals surface area contributed by atoms with E-state index in [4.69, 9.17) is 0 Å². The van der Waals surface area contributed by atoms with Crippen LogP contribution in [-0.4, -0.2) is 4.98 Å². The van der Waals surface area contributed by atoms with Crippen LogP contribution >= 0.6 is 15.9 Å². The van der Waals surface area contributed by atoms with E-state index in [-0.39, 0.29) is 0 Å². The van der Waals surface area contributed by atoms with E-state index in [9.17, 15) is 0 Å². The van der Waals surface area contributed by atoms with Gasteiger partial charge >= 0.3 is 0 Å². The summed E-state index contributed by atoms with van der Waals surface area (Å²) in [5.74, 6) is 0. The predicted molar refractivity (Wildman–Crippen MR) is 84.6 cm³/mol. The first-order chi connectivity index (χ1) is 9.26. The highest BCUT2D eigenvalue weighted by atomic mass is 79.9. The fourth-order valence-corrected chi connectivity index (χ4v) is 2.77. The summed E-state index contributed by atoms with van der Waals surface area (Å²) in [6.07, 6.45) is 4.19. The largest absolute Gasteiger partial charge is 0.361 e. The standard InChI is InChI=1S/C17H16BrN/c1-2-12-3-5-13(6-4-12)9-14-11-19-17-8-7-15(18)10-16(14)17/h3-8,10-11,19H,2,9H2,1H3. The number of nitrogens with one attached hydrogen (secondary N) is 1. The summed E-state index contributed by atoms with van der Waals surface area (Å²) in [6.45, 7) is 2.19. The second kappa shape index (κ2) is 5.22. The molecule has 0 spiro atoms. The number of aromatic amines is 1. The lowest BCUT2D eigenvalue weighted by molar-refractivity contribution is 1.12. The van der Waals surface area contributed by atoms with E-state index in [0.717, 1.165) is 17.3 Å². The van der Waals surface area contributed by atoms with Crippen LogP contribution in [0, 0.1) is 0 Å². The third-order valence-electron chi connectivity index (χ3n) is 3.56. The van der Waals surface area contributed by atoms with Crippen LogP contribution in [0.4, 0.5) is 0 Å². The molecule has 0 unspecified atom stereocenters. The van der Waals surface area contributed by atoms with E-state index in [2.05, 4.69) is 76.5 Å². The molecule has 1 heterocycles. The smallest absolute Gasteiger partial charge is 0.0457 e. The maximum Gasteiger partial charge on any atom is 0.0457 e. The molecule has 0 aliphatic rings. The summed E-state index contributed by atoms with van der Waals surface area (Å²) in [7, 11) is 0. The minimum absolute atomic E-state index is 0.973. The molecule has 19 heavy (non-hydrogen) atoms. The highest BCUT2D eigenvalue weighted by Gasteiger charge is 2.05. The van der Waals surface area contributed by atoms with E-state index in [1.807, 2.05) is 0 Å². The van der Waals surface area contributed by atoms with E-state index in [1.54, 1.807) is 0 Å². The van der Waals surface area contributed by atoms with Gasteiger partial charge in [0, 0.05) is 21.6 Å². The first kappa shape index (κ1) is 12.5. The average molecular weight is 314 g/mol. The number of rotatable bonds is 3. The molecule has 1 N–H and O–H groups in total. The molecule has 96 valence electrons. The number of fused-ring (bicyclic) bond motifs is 1. The lowest BCUT2D eigenvalue weighted by Crippen LogP contribution is -1.88. The molecule has 1 aromatic heterocycles. The number of halogens is 1. The Hall–Kier alpha value is -1.54. The van der Waals surface area contributed by atoms with Crippen molar-refractivity contribution in [1.82, 2.24) is 4.98 Å². The lowest BCUT2D eigenvalue weighted by Gasteiger charge is -2.02. The Morgan fingerprint density at radius 3 is 2.47 bits per heavy atom. The molecule has 2 aromatic carbocycles. The Morgan fingerprint density at radius 2 is 1.74 bits per heavy atom. The topological polar surface area (TPSA) is 15.8 Å². The van der Waals surface area contributed by atoms with E-state index in [1.165, 1.54) is 27.6 Å². The van der Waals surface area contributed by atoms with Crippen molar-refractivity contribution >= 4 is 26.8 Å². The summed E-state index contributed by atoms with van der Waals surface area (Å²) in [6, 6.07) is 15.3. The van der Waals surface area contributed by atoms with Gasteiger partial charge in [0.25, 0.3) is 0 Å². The zero-order valence-electron chi connectivity index (χ0n) is 10.9. The van der Waals surface area contributed by atoms with E-state index >= 15 is 0 Å². The number of aromatic nitrogens is 1. The zero-order valence-corrected chi connectivity index (χ0v) is 12.5. The van der Waals surface area contributed by atoms with Gasteiger partial charge in [0.15, 0.2) is 0 Å². The van der Waals surface area contributed by atoms with Crippen LogP contribution in [0.2, 0.25) is 0 Å². The SMILES string of the molecule is CCc1ccc(Cc2c[nH]c3ccc(Br)cc23)cc1. The number of hydrogen-bond acceptors (Lipinski definition) is 0. The van der Waals surface area contributed by atoms with Crippen LogP contribution in [-0.2, 0) is 12.8 Å². The van der Waals surface area contributed by atoms with Gasteiger partial charge in [-0.1, -0.05) is 47.1 Å². The Balaban J connectivity index is 1.93. The molecule has 0 aliphatic heterocycles. The van der Waals surface area contributed by atoms with Gasteiger partial charge < -0.3 is 4.98 Å². The van der Waals surface area contributed by atoms with Crippen molar-refractivity contribution in [3.63, 3.8) is 0 Å². The normalized spacial score (nSPS) is 11.1. The first-order valence-corrected chi connectivity index (χ1v) is 7.39. The van der Waals surface area contributed by atoms with Crippen molar-refractivity contribution in [3.05, 3.63) is 69.8 Å². The lowest BCUT2D eigenvalue weighted by atomic mass is 10.0. The molecule has 0 amide bonds. The second-order valence-corrected chi connectivity index (χ2v) is 5.77. The van der Waals surface area contributed by atoms with E-state index < -0.39 is 0 Å². The van der Waals surface area contributed by atoms with Crippen LogP contribution in [0.15, 0.2) is 53.1 Å². The van der Waals surface area contributed by atoms with Gasteiger partial charge in [-0.2, -0.15) is 0 Å². The maximum absolute atomic E-state index is 3.54. The van der Waals surface area contributed by atoms with Crippen LogP contribution in [0.25, 0.3) is 10.9 Å². The summed E-state index contributed by atoms with van der Waals surface area (Å²) < 4.78 is 1.13. The molecule has 2 heteroatoms. The van der Waals surface area contributed by atoms with Crippen molar-refractivity contribution in [2.75, 3.05) is 0 Å². The van der Waals surface area contributed by atoms with Gasteiger partial charge in [0.05, 0.1) is 0 Å². The fraction of sp³-hybridized carbons (Fsp3) is 0.176. The molecule has 0 fully saturated rings. The van der Waals surface area contributed by atoms with Gasteiger partial charge in [0.1, 0.15) is 0 Å². The van der Waals surface area contributed by atoms with Gasteiger partial charge in [-0.3, -0.25) is 0 Å². The van der Waals surface area contributed by atoms with Crippen LogP contribution in [0.1, 0.15) is 23.6 Å². The summed E-state index contributed by atoms with van der Waals surface area (Å²) in [4.78, 5) is 3.34.